The maximum absolute atomic E-state index is 14.7. The lowest BCUT2D eigenvalue weighted by Gasteiger charge is -2.22. The molecule has 29 heavy (non-hydrogen) atoms. The van der Waals surface area contributed by atoms with E-state index >= 15 is 0 Å². The second kappa shape index (κ2) is 7.06. The highest BCUT2D eigenvalue weighted by molar-refractivity contribution is 5.92. The van der Waals surface area contributed by atoms with Crippen LogP contribution in [0.15, 0.2) is 36.4 Å². The predicted molar refractivity (Wildman–Crippen MR) is 103 cm³/mol. The van der Waals surface area contributed by atoms with Gasteiger partial charge in [-0.2, -0.15) is 0 Å². The molecule has 7 heteroatoms. The number of ether oxygens (including phenoxy) is 2. The van der Waals surface area contributed by atoms with E-state index in [-0.39, 0.29) is 12.0 Å². The molecule has 3 aromatic rings. The van der Waals surface area contributed by atoms with Crippen LogP contribution in [0.1, 0.15) is 16.8 Å². The molecule has 0 bridgehead atoms. The third-order valence-corrected chi connectivity index (χ3v) is 5.69. The predicted octanol–water partition coefficient (Wildman–Crippen LogP) is 4.05. The fourth-order valence-corrected chi connectivity index (χ4v) is 4.33. The van der Waals surface area contributed by atoms with Crippen LogP contribution in [0.2, 0.25) is 0 Å². The maximum atomic E-state index is 14.7. The Morgan fingerprint density at radius 1 is 1.10 bits per heavy atom. The van der Waals surface area contributed by atoms with Crippen molar-refractivity contribution in [3.05, 3.63) is 64.9 Å². The van der Waals surface area contributed by atoms with Gasteiger partial charge in [0.1, 0.15) is 19.0 Å². The van der Waals surface area contributed by atoms with Crippen LogP contribution in [0.3, 0.4) is 0 Å². The topological polar surface area (TPSA) is 43.7 Å². The number of benzene rings is 2. The largest absolute Gasteiger partial charge is 0.489 e. The average molecular weight is 398 g/mol. The maximum Gasteiger partial charge on any atom is 0.410 e. The van der Waals surface area contributed by atoms with Crippen LogP contribution < -0.4 is 4.74 Å². The Labute approximate surface area is 166 Å². The molecular weight excluding hydrogens is 378 g/mol. The van der Waals surface area contributed by atoms with Crippen LogP contribution in [-0.2, 0) is 30.7 Å². The lowest BCUT2D eigenvalue weighted by atomic mass is 10.1. The number of hydrogen-bond acceptors (Lipinski definition) is 3. The molecule has 0 saturated carbocycles. The molecule has 0 saturated heterocycles. The van der Waals surface area contributed by atoms with Crippen molar-refractivity contribution in [2.75, 3.05) is 19.7 Å². The second-order valence-corrected chi connectivity index (χ2v) is 7.35. The molecule has 0 fully saturated rings. The van der Waals surface area contributed by atoms with Crippen molar-refractivity contribution < 1.29 is 23.0 Å². The van der Waals surface area contributed by atoms with Gasteiger partial charge in [-0.15, -0.1) is 0 Å². The molecule has 0 spiro atoms. The van der Waals surface area contributed by atoms with E-state index < -0.39 is 17.7 Å². The minimum Gasteiger partial charge on any atom is -0.489 e. The SMILES string of the molecule is O=C(OCc1ccccc1)N1CCc2c(n3c4c(cc(F)c(F)c24)OCC3)CC1. The van der Waals surface area contributed by atoms with Crippen molar-refractivity contribution in [2.24, 2.45) is 0 Å². The molecule has 3 heterocycles. The Hall–Kier alpha value is -3.09. The monoisotopic (exact) mass is 398 g/mol. The zero-order valence-corrected chi connectivity index (χ0v) is 15.8. The molecule has 1 aromatic heterocycles. The Bertz CT molecular complexity index is 1090. The van der Waals surface area contributed by atoms with Gasteiger partial charge in [0.05, 0.1) is 12.1 Å². The van der Waals surface area contributed by atoms with Gasteiger partial charge < -0.3 is 18.9 Å². The standard InChI is InChI=1S/C22H20F2N2O3/c23-16-12-18-21-19(20(16)24)15-6-8-25(9-7-17(15)26(21)10-11-28-18)22(27)29-13-14-4-2-1-3-5-14/h1-5,12H,6-11,13H2. The Kier molecular flexibility index (Phi) is 4.38. The number of carbonyl (C=O) groups excluding carboxylic acids is 1. The first kappa shape index (κ1) is 18.0. The summed E-state index contributed by atoms with van der Waals surface area (Å²) in [6, 6.07) is 10.6. The molecule has 150 valence electrons. The Balaban J connectivity index is 1.40. The molecule has 1 amide bonds. The van der Waals surface area contributed by atoms with Crippen molar-refractivity contribution in [2.45, 2.75) is 26.0 Å². The normalized spacial score (nSPS) is 15.6. The summed E-state index contributed by atoms with van der Waals surface area (Å²) in [6.07, 6.45) is 0.613. The smallest absolute Gasteiger partial charge is 0.410 e. The molecular formula is C22H20F2N2O3. The first-order chi connectivity index (χ1) is 14.1. The van der Waals surface area contributed by atoms with Gasteiger partial charge in [-0.05, 0) is 17.5 Å². The molecule has 0 atom stereocenters. The third-order valence-electron chi connectivity index (χ3n) is 5.69. The van der Waals surface area contributed by atoms with Crippen LogP contribution in [0.4, 0.5) is 13.6 Å². The Morgan fingerprint density at radius 2 is 1.90 bits per heavy atom. The van der Waals surface area contributed by atoms with E-state index in [1.165, 1.54) is 0 Å². The van der Waals surface area contributed by atoms with E-state index in [2.05, 4.69) is 0 Å². The number of hydrogen-bond donors (Lipinski definition) is 0. The van der Waals surface area contributed by atoms with Gasteiger partial charge in [0, 0.05) is 36.7 Å². The highest BCUT2D eigenvalue weighted by atomic mass is 19.2. The summed E-state index contributed by atoms with van der Waals surface area (Å²) in [6.45, 7) is 2.07. The molecule has 2 aromatic carbocycles. The number of fused-ring (bicyclic) bond motifs is 3. The summed E-state index contributed by atoms with van der Waals surface area (Å²) < 4.78 is 41.8. The fraction of sp³-hybridized carbons (Fsp3) is 0.318. The summed E-state index contributed by atoms with van der Waals surface area (Å²) in [5.41, 5.74) is 3.26. The fourth-order valence-electron chi connectivity index (χ4n) is 4.33. The number of rotatable bonds is 2. The summed E-state index contributed by atoms with van der Waals surface area (Å²) in [4.78, 5) is 14.2. The van der Waals surface area contributed by atoms with Gasteiger partial charge in [0.25, 0.3) is 0 Å². The number of carbonyl (C=O) groups is 1. The first-order valence-corrected chi connectivity index (χ1v) is 9.74. The summed E-state index contributed by atoms with van der Waals surface area (Å²) in [5, 5.41) is 0.286. The second-order valence-electron chi connectivity index (χ2n) is 7.35. The van der Waals surface area contributed by atoms with Gasteiger partial charge in [-0.1, -0.05) is 30.3 Å². The molecule has 0 radical (unpaired) electrons. The lowest BCUT2D eigenvalue weighted by Crippen LogP contribution is -2.34. The van der Waals surface area contributed by atoms with Gasteiger partial charge in [0.2, 0.25) is 0 Å². The van der Waals surface area contributed by atoms with Crippen molar-refractivity contribution >= 4 is 17.0 Å². The van der Waals surface area contributed by atoms with Gasteiger partial charge in [-0.3, -0.25) is 0 Å². The van der Waals surface area contributed by atoms with Crippen molar-refractivity contribution in [1.29, 1.82) is 0 Å². The number of aromatic nitrogens is 1. The van der Waals surface area contributed by atoms with E-state index in [0.717, 1.165) is 22.9 Å². The van der Waals surface area contributed by atoms with Crippen LogP contribution in [0, 0.1) is 11.6 Å². The minimum absolute atomic E-state index is 0.207. The van der Waals surface area contributed by atoms with Crippen LogP contribution in [-0.4, -0.2) is 35.3 Å². The van der Waals surface area contributed by atoms with E-state index in [1.54, 1.807) is 4.90 Å². The minimum atomic E-state index is -0.905. The van der Waals surface area contributed by atoms with E-state index in [9.17, 15) is 13.6 Å². The van der Waals surface area contributed by atoms with E-state index in [4.69, 9.17) is 9.47 Å². The summed E-state index contributed by atoms with van der Waals surface area (Å²) >= 11 is 0. The molecule has 0 unspecified atom stereocenters. The zero-order chi connectivity index (χ0) is 20.0. The molecule has 5 rings (SSSR count). The van der Waals surface area contributed by atoms with E-state index in [0.29, 0.717) is 50.3 Å². The third kappa shape index (κ3) is 3.01. The number of amides is 1. The molecule has 2 aliphatic heterocycles. The summed E-state index contributed by atoms with van der Waals surface area (Å²) in [7, 11) is 0. The van der Waals surface area contributed by atoms with Crippen LogP contribution in [0.5, 0.6) is 5.75 Å². The quantitative estimate of drug-likeness (QED) is 0.654. The highest BCUT2D eigenvalue weighted by Crippen LogP contribution is 2.39. The zero-order valence-electron chi connectivity index (χ0n) is 15.8. The molecule has 0 aliphatic carbocycles. The van der Waals surface area contributed by atoms with Gasteiger partial charge in [-0.25, -0.2) is 13.6 Å². The van der Waals surface area contributed by atoms with Gasteiger partial charge in [0.15, 0.2) is 11.6 Å². The first-order valence-electron chi connectivity index (χ1n) is 9.74. The van der Waals surface area contributed by atoms with Crippen LogP contribution in [0.25, 0.3) is 10.9 Å². The summed E-state index contributed by atoms with van der Waals surface area (Å²) in [5.74, 6) is -1.36. The van der Waals surface area contributed by atoms with Gasteiger partial charge >= 0.3 is 6.09 Å². The number of halogens is 2. The number of nitrogens with zero attached hydrogens (tertiary/aromatic N) is 2. The lowest BCUT2D eigenvalue weighted by molar-refractivity contribution is 0.0976. The molecule has 5 nitrogen and oxygen atoms in total. The van der Waals surface area contributed by atoms with Crippen molar-refractivity contribution in [3.63, 3.8) is 0 Å². The molecule has 2 aliphatic rings. The highest BCUT2D eigenvalue weighted by Gasteiger charge is 2.30. The van der Waals surface area contributed by atoms with Crippen LogP contribution >= 0.6 is 0 Å². The Morgan fingerprint density at radius 3 is 2.72 bits per heavy atom. The van der Waals surface area contributed by atoms with Crippen molar-refractivity contribution in [1.82, 2.24) is 9.47 Å². The molecule has 0 N–H and O–H groups in total. The average Bonchev–Trinajstić information content (AvgIpc) is 2.90. The van der Waals surface area contributed by atoms with E-state index in [1.807, 2.05) is 34.9 Å². The van der Waals surface area contributed by atoms with Crippen molar-refractivity contribution in [3.8, 4) is 5.75 Å².